The molecule has 0 aliphatic heterocycles. The number of aryl methyl sites for hydroxylation is 1. The van der Waals surface area contributed by atoms with Gasteiger partial charge in [0.15, 0.2) is 0 Å². The van der Waals surface area contributed by atoms with Gasteiger partial charge in [0, 0.05) is 16.1 Å². The van der Waals surface area contributed by atoms with Gasteiger partial charge in [0.05, 0.1) is 6.61 Å². The smallest absolute Gasteiger partial charge is 0.494 e. The fourth-order valence-corrected chi connectivity index (χ4v) is 3.42. The zero-order chi connectivity index (χ0) is 16.8. The molecule has 24 heavy (non-hydrogen) atoms. The van der Waals surface area contributed by atoms with E-state index >= 15 is 0 Å². The molecule has 0 amide bonds. The third-order valence-corrected chi connectivity index (χ3v) is 4.77. The zero-order valence-electron chi connectivity index (χ0n) is 14.7. The fourth-order valence-electron chi connectivity index (χ4n) is 2.11. The average molecular weight is 355 g/mol. The van der Waals surface area contributed by atoms with E-state index < -0.39 is 0 Å². The van der Waals surface area contributed by atoms with E-state index in [2.05, 4.69) is 13.8 Å². The molecule has 5 heteroatoms. The summed E-state index contributed by atoms with van der Waals surface area (Å²) in [5.41, 5.74) is 1.53. The van der Waals surface area contributed by atoms with E-state index in [9.17, 15) is 4.79 Å². The van der Waals surface area contributed by atoms with Crippen molar-refractivity contribution in [3.05, 3.63) is 58.6 Å². The fraction of sp³-hybridized carbons (Fsp3) is 0.316. The molecule has 0 unspecified atom stereocenters. The molecule has 2 aromatic rings. The number of carbonyl (C=O) groups is 1. The van der Waals surface area contributed by atoms with Crippen LogP contribution < -0.4 is 28.9 Å². The van der Waals surface area contributed by atoms with Crippen LogP contribution in [0.3, 0.4) is 0 Å². The van der Waals surface area contributed by atoms with Crippen LogP contribution in [0.15, 0.2) is 42.5 Å². The van der Waals surface area contributed by atoms with Crippen LogP contribution in [0.4, 0.5) is 0 Å². The molecule has 0 aromatic heterocycles. The van der Waals surface area contributed by atoms with Crippen LogP contribution in [0.1, 0.15) is 36.2 Å². The minimum absolute atomic E-state index is 0. The maximum absolute atomic E-state index is 12.5. The molecule has 0 aliphatic carbocycles. The molecule has 0 aliphatic rings. The van der Waals surface area contributed by atoms with Crippen molar-refractivity contribution >= 4 is 31.0 Å². The second kappa shape index (κ2) is 10.3. The van der Waals surface area contributed by atoms with Gasteiger partial charge in [0.1, 0.15) is 5.75 Å². The zero-order valence-corrected chi connectivity index (χ0v) is 16.3. The van der Waals surface area contributed by atoms with Gasteiger partial charge in [-0.1, -0.05) is 49.7 Å². The molecule has 0 saturated heterocycles. The van der Waals surface area contributed by atoms with Crippen LogP contribution in [-0.4, -0.2) is 12.1 Å². The average Bonchev–Trinajstić information content (AvgIpc) is 2.48. The molecule has 0 heterocycles. The van der Waals surface area contributed by atoms with E-state index in [4.69, 9.17) is 16.3 Å². The van der Waals surface area contributed by atoms with Crippen LogP contribution in [0.2, 0.25) is 5.02 Å². The van der Waals surface area contributed by atoms with Gasteiger partial charge >= 0.3 is 18.9 Å². The summed E-state index contributed by atoms with van der Waals surface area (Å²) < 4.78 is 5.69. The molecule has 122 valence electrons. The number of carbonyl (C=O) groups excluding carboxylic acids is 1. The number of hydrogen-bond donors (Lipinski definition) is 0. The summed E-state index contributed by atoms with van der Waals surface area (Å²) in [6.07, 6.45) is 1.03. The second-order valence-electron chi connectivity index (χ2n) is 5.87. The molecule has 0 radical (unpaired) electrons. The molecule has 2 nitrogen and oxygen atoms in total. The van der Waals surface area contributed by atoms with Gasteiger partial charge in [0.25, 0.3) is 0 Å². The van der Waals surface area contributed by atoms with Crippen LogP contribution in [0.25, 0.3) is 0 Å². The van der Waals surface area contributed by atoms with Crippen molar-refractivity contribution in [2.24, 2.45) is 5.92 Å². The van der Waals surface area contributed by atoms with E-state index in [0.29, 0.717) is 31.7 Å². The normalized spacial score (nSPS) is 10.9. The maximum Gasteiger partial charge on any atom is 1.00 e. The van der Waals surface area contributed by atoms with Crippen LogP contribution in [0.5, 0.6) is 5.75 Å². The Bertz CT molecular complexity index is 651. The summed E-state index contributed by atoms with van der Waals surface area (Å²) in [6.45, 7) is 6.97. The molecule has 0 atom stereocenters. The number of hydrogen-bond acceptors (Lipinski definition) is 2. The van der Waals surface area contributed by atoms with E-state index in [1.165, 1.54) is 0 Å². The van der Waals surface area contributed by atoms with Gasteiger partial charge in [-0.3, -0.25) is 0 Å². The summed E-state index contributed by atoms with van der Waals surface area (Å²) in [7, 11) is 0.624. The summed E-state index contributed by atoms with van der Waals surface area (Å²) >= 11 is 6.15. The van der Waals surface area contributed by atoms with Crippen molar-refractivity contribution in [1.82, 2.24) is 0 Å². The monoisotopic (exact) mass is 354 g/mol. The Balaban J connectivity index is 0.00000288. The van der Waals surface area contributed by atoms with Gasteiger partial charge < -0.3 is 18.1 Å². The first kappa shape index (κ1) is 21.3. The van der Waals surface area contributed by atoms with E-state index in [0.717, 1.165) is 23.0 Å². The standard InChI is InChI=1S/C19H21ClO2P.Li/c1-13(2)11-12-22-15-7-9-16(10-8-15)23-19(21)18-14(3)5-4-6-17(18)20;/h4-10,13H,11-12H2,1-3H3;/q-1;+1. The Morgan fingerprint density at radius 2 is 1.83 bits per heavy atom. The van der Waals surface area contributed by atoms with Gasteiger partial charge in [-0.15, -0.1) is 0 Å². The second-order valence-corrected chi connectivity index (χ2v) is 7.43. The molecule has 0 saturated carbocycles. The van der Waals surface area contributed by atoms with Crippen LogP contribution >= 0.6 is 20.2 Å². The number of benzene rings is 2. The van der Waals surface area contributed by atoms with Crippen molar-refractivity contribution < 1.29 is 28.4 Å². The molecule has 2 rings (SSSR count). The Kier molecular flexibility index (Phi) is 9.10. The van der Waals surface area contributed by atoms with Crippen LogP contribution in [-0.2, 0) is 0 Å². The van der Waals surface area contributed by atoms with E-state index in [1.807, 2.05) is 43.3 Å². The maximum atomic E-state index is 12.5. The van der Waals surface area contributed by atoms with Crippen molar-refractivity contribution in [1.29, 1.82) is 0 Å². The largest absolute Gasteiger partial charge is 1.00 e. The minimum atomic E-state index is 0. The Morgan fingerprint density at radius 1 is 1.17 bits per heavy atom. The predicted molar refractivity (Wildman–Crippen MR) is 98.5 cm³/mol. The molecule has 0 spiro atoms. The Labute approximate surface area is 163 Å². The first-order chi connectivity index (χ1) is 11.0. The molecule has 2 aromatic carbocycles. The van der Waals surface area contributed by atoms with Crippen molar-refractivity contribution in [2.45, 2.75) is 27.2 Å². The number of halogens is 1. The van der Waals surface area contributed by atoms with Gasteiger partial charge in [-0.05, 0) is 43.0 Å². The summed E-state index contributed by atoms with van der Waals surface area (Å²) in [6, 6.07) is 13.2. The van der Waals surface area contributed by atoms with Gasteiger partial charge in [-0.25, -0.2) is 0 Å². The van der Waals surface area contributed by atoms with Gasteiger partial charge in [-0.2, -0.15) is 5.30 Å². The molecule has 0 bridgehead atoms. The molecular formula is C19H21ClLiO2P. The first-order valence-corrected chi connectivity index (χ1v) is 8.98. The summed E-state index contributed by atoms with van der Waals surface area (Å²) in [5, 5.41) is 1.45. The first-order valence-electron chi connectivity index (χ1n) is 7.71. The Morgan fingerprint density at radius 3 is 2.42 bits per heavy atom. The van der Waals surface area contributed by atoms with Crippen molar-refractivity contribution in [2.75, 3.05) is 6.61 Å². The molecule has 0 N–H and O–H groups in total. The molecule has 0 fully saturated rings. The van der Waals surface area contributed by atoms with Crippen molar-refractivity contribution in [3.63, 3.8) is 0 Å². The minimum Gasteiger partial charge on any atom is -0.494 e. The van der Waals surface area contributed by atoms with E-state index in [-0.39, 0.29) is 24.4 Å². The van der Waals surface area contributed by atoms with E-state index in [1.54, 1.807) is 6.07 Å². The van der Waals surface area contributed by atoms with Crippen molar-refractivity contribution in [3.8, 4) is 5.75 Å². The van der Waals surface area contributed by atoms with Gasteiger partial charge in [0.2, 0.25) is 0 Å². The number of rotatable bonds is 7. The van der Waals surface area contributed by atoms with Crippen LogP contribution in [0, 0.1) is 12.8 Å². The number of ether oxygens (including phenoxy) is 1. The summed E-state index contributed by atoms with van der Waals surface area (Å²) in [5.74, 6) is 1.47. The topological polar surface area (TPSA) is 26.3 Å². The third kappa shape index (κ3) is 6.27. The molecular weight excluding hydrogens is 334 g/mol. The summed E-state index contributed by atoms with van der Waals surface area (Å²) in [4.78, 5) is 12.5. The Hall–Kier alpha value is -0.773. The SMILES string of the molecule is Cc1cccc(Cl)c1C(=O)[P-]c1ccc(OCCC(C)C)cc1.[Li+]. The third-order valence-electron chi connectivity index (χ3n) is 3.47. The quantitative estimate of drug-likeness (QED) is 0.564. The predicted octanol–water partition coefficient (Wildman–Crippen LogP) is 2.49.